The average Bonchev–Trinajstić information content (AvgIpc) is 3.43. The van der Waals surface area contributed by atoms with Crippen LogP contribution in [0.25, 0.3) is 10.2 Å². The maximum absolute atomic E-state index is 13.8. The van der Waals surface area contributed by atoms with E-state index >= 15 is 0 Å². The molecule has 0 atom stereocenters. The summed E-state index contributed by atoms with van der Waals surface area (Å²) in [5, 5.41) is 0.526. The molecule has 5 rings (SSSR count). The number of sulfonamides is 1. The summed E-state index contributed by atoms with van der Waals surface area (Å²) in [5.41, 5.74) is 1.99. The van der Waals surface area contributed by atoms with Gasteiger partial charge in [0, 0.05) is 37.8 Å². The van der Waals surface area contributed by atoms with Crippen LogP contribution in [0.1, 0.15) is 22.8 Å². The third-order valence-electron chi connectivity index (χ3n) is 6.75. The first-order valence-corrected chi connectivity index (χ1v) is 15.4. The van der Waals surface area contributed by atoms with Gasteiger partial charge in [-0.15, -0.1) is 0 Å². The molecule has 0 N–H and O–H groups in total. The predicted octanol–water partition coefficient (Wildman–Crippen LogP) is 4.61. The van der Waals surface area contributed by atoms with E-state index in [4.69, 9.17) is 14.5 Å². The van der Waals surface area contributed by atoms with Crippen molar-refractivity contribution in [2.75, 3.05) is 44.8 Å². The molecule has 0 spiro atoms. The van der Waals surface area contributed by atoms with Gasteiger partial charge in [-0.05, 0) is 48.9 Å². The highest BCUT2D eigenvalue weighted by Crippen LogP contribution is 2.33. The summed E-state index contributed by atoms with van der Waals surface area (Å²) in [5.74, 6) is 0.376. The van der Waals surface area contributed by atoms with Crippen LogP contribution in [-0.4, -0.2) is 74.5 Å². The summed E-state index contributed by atoms with van der Waals surface area (Å²) in [6.45, 7) is 3.10. The number of nitrogens with zero attached hydrogens (tertiary/aromatic N) is 4. The van der Waals surface area contributed by atoms with E-state index in [-0.39, 0.29) is 43.6 Å². The van der Waals surface area contributed by atoms with Crippen molar-refractivity contribution in [3.63, 3.8) is 0 Å². The lowest BCUT2D eigenvalue weighted by Gasteiger charge is -2.33. The van der Waals surface area contributed by atoms with Crippen molar-refractivity contribution in [3.05, 3.63) is 83.9 Å². The van der Waals surface area contributed by atoms with Gasteiger partial charge in [0.25, 0.3) is 5.91 Å². The Hall–Kier alpha value is -4.00. The highest BCUT2D eigenvalue weighted by atomic mass is 32.2. The fourth-order valence-electron chi connectivity index (χ4n) is 4.53. The molecule has 0 unspecified atom stereocenters. The van der Waals surface area contributed by atoms with Crippen molar-refractivity contribution in [2.24, 2.45) is 0 Å². The standard InChI is InChI=1S/C29H30N4O6S2/c1-3-39-29(35)31-15-17-32(18-16-31)41(36,37)24-12-9-22(10-13-24)27(34)33(20-21-7-5-4-6-8-21)28-30-25-19-23(38-2)11-14-26(25)40-28/h4-14,19H,3,15-18,20H2,1-2H3. The molecule has 1 aromatic heterocycles. The Morgan fingerprint density at radius 1 is 0.976 bits per heavy atom. The lowest BCUT2D eigenvalue weighted by molar-refractivity contribution is 0.0933. The highest BCUT2D eigenvalue weighted by molar-refractivity contribution is 7.89. The molecule has 2 amide bonds. The zero-order valence-corrected chi connectivity index (χ0v) is 24.4. The predicted molar refractivity (Wildman–Crippen MR) is 157 cm³/mol. The van der Waals surface area contributed by atoms with E-state index < -0.39 is 16.1 Å². The third kappa shape index (κ3) is 6.19. The second-order valence-electron chi connectivity index (χ2n) is 9.32. The van der Waals surface area contributed by atoms with Gasteiger partial charge in [0.1, 0.15) is 5.75 Å². The van der Waals surface area contributed by atoms with Crippen LogP contribution >= 0.6 is 11.3 Å². The molecule has 12 heteroatoms. The van der Waals surface area contributed by atoms with E-state index in [1.165, 1.54) is 44.8 Å². The number of piperazine rings is 1. The molecule has 0 radical (unpaired) electrons. The number of carbonyl (C=O) groups is 2. The van der Waals surface area contributed by atoms with E-state index in [9.17, 15) is 18.0 Å². The van der Waals surface area contributed by atoms with Crippen molar-refractivity contribution in [3.8, 4) is 5.75 Å². The Kier molecular flexibility index (Phi) is 8.52. The summed E-state index contributed by atoms with van der Waals surface area (Å²) in [4.78, 5) is 33.7. The third-order valence-corrected chi connectivity index (χ3v) is 9.72. The van der Waals surface area contributed by atoms with Gasteiger partial charge in [0.2, 0.25) is 10.0 Å². The van der Waals surface area contributed by atoms with Crippen LogP contribution in [0.4, 0.5) is 9.93 Å². The van der Waals surface area contributed by atoms with Crippen LogP contribution in [0.3, 0.4) is 0 Å². The molecule has 0 bridgehead atoms. The monoisotopic (exact) mass is 594 g/mol. The Labute approximate surface area is 242 Å². The molecule has 2 heterocycles. The minimum atomic E-state index is -3.80. The quantitative estimate of drug-likeness (QED) is 0.293. The van der Waals surface area contributed by atoms with Crippen LogP contribution in [0, 0.1) is 0 Å². The summed E-state index contributed by atoms with van der Waals surface area (Å²) in [7, 11) is -2.21. The van der Waals surface area contributed by atoms with E-state index in [0.29, 0.717) is 23.0 Å². The molecule has 1 aliphatic rings. The molecule has 0 aliphatic carbocycles. The molecular formula is C29H30N4O6S2. The highest BCUT2D eigenvalue weighted by Gasteiger charge is 2.31. The summed E-state index contributed by atoms with van der Waals surface area (Å²) >= 11 is 1.40. The second-order valence-corrected chi connectivity index (χ2v) is 12.3. The van der Waals surface area contributed by atoms with Gasteiger partial charge < -0.3 is 14.4 Å². The number of aromatic nitrogens is 1. The van der Waals surface area contributed by atoms with Gasteiger partial charge in [0.05, 0.1) is 35.4 Å². The topological polar surface area (TPSA) is 109 Å². The first kappa shape index (κ1) is 28.5. The number of carbonyl (C=O) groups excluding carboxylic acids is 2. The molecule has 1 saturated heterocycles. The van der Waals surface area contributed by atoms with Gasteiger partial charge in [-0.25, -0.2) is 18.2 Å². The summed E-state index contributed by atoms with van der Waals surface area (Å²) in [6, 6.07) is 21.1. The molecule has 1 fully saturated rings. The number of thiazole rings is 1. The van der Waals surface area contributed by atoms with E-state index in [0.717, 1.165) is 15.8 Å². The molecule has 3 aromatic carbocycles. The largest absolute Gasteiger partial charge is 0.497 e. The van der Waals surface area contributed by atoms with E-state index in [1.54, 1.807) is 18.9 Å². The maximum atomic E-state index is 13.8. The van der Waals surface area contributed by atoms with Gasteiger partial charge in [-0.1, -0.05) is 41.7 Å². The van der Waals surface area contributed by atoms with Gasteiger partial charge in [-0.3, -0.25) is 9.69 Å². The van der Waals surface area contributed by atoms with Crippen molar-refractivity contribution in [1.82, 2.24) is 14.2 Å². The fourth-order valence-corrected chi connectivity index (χ4v) is 6.90. The lowest BCUT2D eigenvalue weighted by atomic mass is 10.1. The zero-order valence-electron chi connectivity index (χ0n) is 22.7. The minimum Gasteiger partial charge on any atom is -0.497 e. The van der Waals surface area contributed by atoms with Crippen molar-refractivity contribution in [2.45, 2.75) is 18.4 Å². The first-order chi connectivity index (χ1) is 19.8. The Balaban J connectivity index is 1.37. The zero-order chi connectivity index (χ0) is 29.0. The number of amides is 2. The number of benzene rings is 3. The van der Waals surface area contributed by atoms with Crippen molar-refractivity contribution >= 4 is 48.7 Å². The van der Waals surface area contributed by atoms with Crippen LogP contribution in [0.5, 0.6) is 5.75 Å². The molecule has 4 aromatic rings. The van der Waals surface area contributed by atoms with E-state index in [1.807, 2.05) is 48.5 Å². The van der Waals surface area contributed by atoms with Crippen LogP contribution in [0.15, 0.2) is 77.7 Å². The van der Waals surface area contributed by atoms with Crippen LogP contribution < -0.4 is 9.64 Å². The number of rotatable bonds is 8. The molecule has 10 nitrogen and oxygen atoms in total. The smallest absolute Gasteiger partial charge is 0.409 e. The number of anilines is 1. The first-order valence-electron chi connectivity index (χ1n) is 13.1. The molecular weight excluding hydrogens is 564 g/mol. The molecule has 41 heavy (non-hydrogen) atoms. The Morgan fingerprint density at radius 2 is 1.68 bits per heavy atom. The van der Waals surface area contributed by atoms with Gasteiger partial charge in [-0.2, -0.15) is 4.31 Å². The minimum absolute atomic E-state index is 0.0836. The summed E-state index contributed by atoms with van der Waals surface area (Å²) < 4.78 is 39.2. The Bertz CT molecular complexity index is 1630. The number of methoxy groups -OCH3 is 1. The van der Waals surface area contributed by atoms with Crippen molar-refractivity contribution < 1.29 is 27.5 Å². The van der Waals surface area contributed by atoms with Gasteiger partial charge >= 0.3 is 6.09 Å². The second kappa shape index (κ2) is 12.2. The normalized spacial score (nSPS) is 14.1. The lowest BCUT2D eigenvalue weighted by Crippen LogP contribution is -2.50. The fraction of sp³-hybridized carbons (Fsp3) is 0.276. The number of ether oxygens (including phenoxy) is 2. The van der Waals surface area contributed by atoms with Crippen molar-refractivity contribution in [1.29, 1.82) is 0 Å². The van der Waals surface area contributed by atoms with Gasteiger partial charge in [0.15, 0.2) is 5.13 Å². The maximum Gasteiger partial charge on any atom is 0.409 e. The molecule has 0 saturated carbocycles. The van der Waals surface area contributed by atoms with Crippen LogP contribution in [0.2, 0.25) is 0 Å². The molecule has 1 aliphatic heterocycles. The number of fused-ring (bicyclic) bond motifs is 1. The van der Waals surface area contributed by atoms with Crippen LogP contribution in [-0.2, 0) is 21.3 Å². The SMILES string of the molecule is CCOC(=O)N1CCN(S(=O)(=O)c2ccc(C(=O)N(Cc3ccccc3)c3nc4cc(OC)ccc4s3)cc2)CC1. The Morgan fingerprint density at radius 3 is 2.34 bits per heavy atom. The number of hydrogen-bond acceptors (Lipinski definition) is 8. The molecule has 214 valence electrons. The van der Waals surface area contributed by atoms with E-state index in [2.05, 4.69) is 0 Å². The summed E-state index contributed by atoms with van der Waals surface area (Å²) in [6.07, 6.45) is -0.445. The number of hydrogen-bond donors (Lipinski definition) is 0. The average molecular weight is 595 g/mol.